The monoisotopic (exact) mass is 251 g/mol. The quantitative estimate of drug-likeness (QED) is 0.906. The predicted molar refractivity (Wildman–Crippen MR) is 63.1 cm³/mol. The molecule has 0 saturated heterocycles. The van der Waals surface area contributed by atoms with Crippen molar-refractivity contribution in [3.05, 3.63) is 42.4 Å². The summed E-state index contributed by atoms with van der Waals surface area (Å²) in [5, 5.41) is 2.91. The second kappa shape index (κ2) is 5.39. The average molecular weight is 251 g/mol. The molecular formula is C12H11F2N3O. The van der Waals surface area contributed by atoms with Gasteiger partial charge in [-0.15, -0.1) is 0 Å². The Morgan fingerprint density at radius 2 is 2.00 bits per heavy atom. The standard InChI is InChI=1S/C12H11F2N3O/c1-8-6-11(16-7-15-8)17-9-4-2-3-5-10(9)18-12(13)14/h2-7,12H,1H3,(H,15,16,17). The number of ether oxygens (including phenoxy) is 1. The fraction of sp³-hybridized carbons (Fsp3) is 0.167. The maximum atomic E-state index is 12.2. The van der Waals surface area contributed by atoms with E-state index < -0.39 is 6.61 Å². The summed E-state index contributed by atoms with van der Waals surface area (Å²) in [4.78, 5) is 7.94. The normalized spacial score (nSPS) is 10.4. The third-order valence-corrected chi connectivity index (χ3v) is 2.17. The molecule has 1 N–H and O–H groups in total. The van der Waals surface area contributed by atoms with E-state index in [-0.39, 0.29) is 5.75 Å². The van der Waals surface area contributed by atoms with E-state index in [0.29, 0.717) is 11.5 Å². The van der Waals surface area contributed by atoms with E-state index in [1.165, 1.54) is 12.4 Å². The van der Waals surface area contributed by atoms with Crippen LogP contribution in [0.5, 0.6) is 5.75 Å². The van der Waals surface area contributed by atoms with Gasteiger partial charge in [-0.1, -0.05) is 12.1 Å². The number of anilines is 2. The summed E-state index contributed by atoms with van der Waals surface area (Å²) in [6, 6.07) is 8.14. The van der Waals surface area contributed by atoms with Crippen molar-refractivity contribution in [1.29, 1.82) is 0 Å². The van der Waals surface area contributed by atoms with Crippen LogP contribution in [0, 0.1) is 6.92 Å². The lowest BCUT2D eigenvalue weighted by atomic mass is 10.3. The van der Waals surface area contributed by atoms with Crippen molar-refractivity contribution < 1.29 is 13.5 Å². The summed E-state index contributed by atoms with van der Waals surface area (Å²) in [7, 11) is 0. The van der Waals surface area contributed by atoms with Gasteiger partial charge in [0.05, 0.1) is 5.69 Å². The number of para-hydroxylation sites is 2. The molecule has 0 unspecified atom stereocenters. The topological polar surface area (TPSA) is 47.0 Å². The highest BCUT2D eigenvalue weighted by molar-refractivity contribution is 5.63. The third kappa shape index (κ3) is 3.13. The Morgan fingerprint density at radius 1 is 1.22 bits per heavy atom. The summed E-state index contributed by atoms with van der Waals surface area (Å²) in [6.07, 6.45) is 1.40. The second-order valence-corrected chi connectivity index (χ2v) is 3.54. The van der Waals surface area contributed by atoms with E-state index in [9.17, 15) is 8.78 Å². The lowest BCUT2D eigenvalue weighted by Crippen LogP contribution is -2.05. The van der Waals surface area contributed by atoms with Gasteiger partial charge in [-0.2, -0.15) is 8.78 Å². The Morgan fingerprint density at radius 3 is 2.72 bits per heavy atom. The Balaban J connectivity index is 2.23. The number of nitrogens with one attached hydrogen (secondary N) is 1. The predicted octanol–water partition coefficient (Wildman–Crippen LogP) is 3.13. The van der Waals surface area contributed by atoms with Gasteiger partial charge in [0.15, 0.2) is 0 Å². The molecular weight excluding hydrogens is 240 g/mol. The molecule has 1 aromatic heterocycles. The van der Waals surface area contributed by atoms with E-state index in [1.807, 2.05) is 6.92 Å². The smallest absolute Gasteiger partial charge is 0.387 e. The molecule has 18 heavy (non-hydrogen) atoms. The van der Waals surface area contributed by atoms with Crippen molar-refractivity contribution >= 4 is 11.5 Å². The van der Waals surface area contributed by atoms with Crippen LogP contribution in [-0.4, -0.2) is 16.6 Å². The van der Waals surface area contributed by atoms with Crippen LogP contribution in [0.25, 0.3) is 0 Å². The minimum atomic E-state index is -2.86. The first-order valence-electron chi connectivity index (χ1n) is 5.24. The first kappa shape index (κ1) is 12.2. The molecule has 4 nitrogen and oxygen atoms in total. The van der Waals surface area contributed by atoms with Crippen molar-refractivity contribution in [3.8, 4) is 5.75 Å². The maximum Gasteiger partial charge on any atom is 0.387 e. The van der Waals surface area contributed by atoms with Crippen LogP contribution in [0.2, 0.25) is 0 Å². The number of benzene rings is 1. The van der Waals surface area contributed by atoms with Crippen LogP contribution in [0.1, 0.15) is 5.69 Å². The van der Waals surface area contributed by atoms with Gasteiger partial charge in [0.2, 0.25) is 0 Å². The molecule has 0 bridgehead atoms. The molecule has 0 aliphatic carbocycles. The second-order valence-electron chi connectivity index (χ2n) is 3.54. The minimum absolute atomic E-state index is 0.0729. The Kier molecular flexibility index (Phi) is 3.66. The van der Waals surface area contributed by atoms with E-state index in [0.717, 1.165) is 5.69 Å². The highest BCUT2D eigenvalue weighted by atomic mass is 19.3. The zero-order chi connectivity index (χ0) is 13.0. The molecule has 94 valence electrons. The van der Waals surface area contributed by atoms with Gasteiger partial charge < -0.3 is 10.1 Å². The number of alkyl halides is 2. The molecule has 0 saturated carbocycles. The number of nitrogens with zero attached hydrogens (tertiary/aromatic N) is 2. The van der Waals surface area contributed by atoms with Crippen LogP contribution in [0.3, 0.4) is 0 Å². The zero-order valence-corrected chi connectivity index (χ0v) is 9.60. The van der Waals surface area contributed by atoms with Crippen molar-refractivity contribution in [2.75, 3.05) is 5.32 Å². The average Bonchev–Trinajstić information content (AvgIpc) is 2.31. The first-order chi connectivity index (χ1) is 8.65. The van der Waals surface area contributed by atoms with Gasteiger partial charge in [0, 0.05) is 11.8 Å². The molecule has 0 aliphatic rings. The molecule has 0 spiro atoms. The number of hydrogen-bond acceptors (Lipinski definition) is 4. The number of halogens is 2. The summed E-state index contributed by atoms with van der Waals surface area (Å²) in [5.74, 6) is 0.594. The number of rotatable bonds is 4. The highest BCUT2D eigenvalue weighted by Gasteiger charge is 2.09. The third-order valence-electron chi connectivity index (χ3n) is 2.17. The molecule has 0 radical (unpaired) electrons. The summed E-state index contributed by atoms with van der Waals surface area (Å²) < 4.78 is 28.9. The molecule has 0 aliphatic heterocycles. The van der Waals surface area contributed by atoms with Crippen LogP contribution in [0.15, 0.2) is 36.7 Å². The number of aromatic nitrogens is 2. The lowest BCUT2D eigenvalue weighted by molar-refractivity contribution is -0.0493. The molecule has 0 fully saturated rings. The highest BCUT2D eigenvalue weighted by Crippen LogP contribution is 2.27. The van der Waals surface area contributed by atoms with Gasteiger partial charge in [-0.3, -0.25) is 0 Å². The zero-order valence-electron chi connectivity index (χ0n) is 9.60. The Labute approximate surface area is 103 Å². The lowest BCUT2D eigenvalue weighted by Gasteiger charge is -2.11. The molecule has 2 rings (SSSR count). The van der Waals surface area contributed by atoms with Crippen molar-refractivity contribution in [1.82, 2.24) is 9.97 Å². The van der Waals surface area contributed by atoms with Gasteiger partial charge in [-0.25, -0.2) is 9.97 Å². The van der Waals surface area contributed by atoms with Crippen molar-refractivity contribution in [2.24, 2.45) is 0 Å². The summed E-state index contributed by atoms with van der Waals surface area (Å²) in [5.41, 5.74) is 1.20. The Hall–Kier alpha value is -2.24. The van der Waals surface area contributed by atoms with Crippen LogP contribution in [-0.2, 0) is 0 Å². The molecule has 0 amide bonds. The summed E-state index contributed by atoms with van der Waals surface area (Å²) >= 11 is 0. The molecule has 6 heteroatoms. The van der Waals surface area contributed by atoms with Crippen molar-refractivity contribution in [3.63, 3.8) is 0 Å². The Bertz CT molecular complexity index is 534. The van der Waals surface area contributed by atoms with Gasteiger partial charge in [0.1, 0.15) is 17.9 Å². The SMILES string of the molecule is Cc1cc(Nc2ccccc2OC(F)F)ncn1. The van der Waals surface area contributed by atoms with Crippen LogP contribution < -0.4 is 10.1 Å². The first-order valence-corrected chi connectivity index (χ1v) is 5.24. The van der Waals surface area contributed by atoms with E-state index in [1.54, 1.807) is 24.3 Å². The van der Waals surface area contributed by atoms with E-state index in [2.05, 4.69) is 20.0 Å². The van der Waals surface area contributed by atoms with Gasteiger partial charge in [0.25, 0.3) is 0 Å². The molecule has 1 heterocycles. The van der Waals surface area contributed by atoms with Crippen molar-refractivity contribution in [2.45, 2.75) is 13.5 Å². The maximum absolute atomic E-state index is 12.2. The number of hydrogen-bond donors (Lipinski definition) is 1. The van der Waals surface area contributed by atoms with Gasteiger partial charge >= 0.3 is 6.61 Å². The fourth-order valence-corrected chi connectivity index (χ4v) is 1.43. The van der Waals surface area contributed by atoms with E-state index >= 15 is 0 Å². The molecule has 0 atom stereocenters. The largest absolute Gasteiger partial charge is 0.433 e. The molecule has 1 aromatic carbocycles. The number of aryl methyl sites for hydroxylation is 1. The van der Waals surface area contributed by atoms with Crippen LogP contribution >= 0.6 is 0 Å². The van der Waals surface area contributed by atoms with E-state index in [4.69, 9.17) is 0 Å². The van der Waals surface area contributed by atoms with Gasteiger partial charge in [-0.05, 0) is 19.1 Å². The minimum Gasteiger partial charge on any atom is -0.433 e. The summed E-state index contributed by atoms with van der Waals surface area (Å²) in [6.45, 7) is -1.05. The van der Waals surface area contributed by atoms with Crippen LogP contribution in [0.4, 0.5) is 20.3 Å². The molecule has 2 aromatic rings. The fourth-order valence-electron chi connectivity index (χ4n) is 1.43.